The fraction of sp³-hybridized carbons (Fsp3) is 0.625. The molecule has 1 aromatic rings. The Morgan fingerprint density at radius 3 is 2.45 bits per heavy atom. The maximum absolute atomic E-state index is 12.7. The van der Waals surface area contributed by atoms with Crippen molar-refractivity contribution in [2.24, 2.45) is 5.41 Å². The fourth-order valence-corrected chi connectivity index (χ4v) is 3.20. The molecule has 0 unspecified atom stereocenters. The molecule has 108 valence electrons. The fourth-order valence-electron chi connectivity index (χ4n) is 3.20. The number of hydrogen-bond acceptors (Lipinski definition) is 3. The lowest BCUT2D eigenvalue weighted by Crippen LogP contribution is -2.55. The van der Waals surface area contributed by atoms with E-state index < -0.39 is 0 Å². The Hall–Kier alpha value is -1.42. The highest BCUT2D eigenvalue weighted by atomic mass is 16.2. The number of carbonyl (C=O) groups is 1. The number of likely N-dealkylation sites (tertiary alicyclic amines) is 2. The second-order valence-electron chi connectivity index (χ2n) is 6.55. The molecule has 0 bridgehead atoms. The molecule has 3 heterocycles. The number of nitrogens with zero attached hydrogens (tertiary/aromatic N) is 3. The van der Waals surface area contributed by atoms with E-state index in [-0.39, 0.29) is 5.41 Å². The molecule has 3 rings (SSSR count). The van der Waals surface area contributed by atoms with E-state index in [1.165, 1.54) is 5.56 Å². The summed E-state index contributed by atoms with van der Waals surface area (Å²) in [7, 11) is 2.13. The van der Waals surface area contributed by atoms with Crippen LogP contribution in [0.1, 0.15) is 31.2 Å². The molecule has 0 N–H and O–H groups in total. The summed E-state index contributed by atoms with van der Waals surface area (Å²) in [4.78, 5) is 21.1. The summed E-state index contributed by atoms with van der Waals surface area (Å²) in [5, 5.41) is 0. The molecule has 0 atom stereocenters. The molecule has 0 radical (unpaired) electrons. The van der Waals surface area contributed by atoms with Gasteiger partial charge in [0.05, 0.1) is 0 Å². The van der Waals surface area contributed by atoms with Crippen LogP contribution in [0.5, 0.6) is 0 Å². The zero-order valence-corrected chi connectivity index (χ0v) is 12.4. The highest BCUT2D eigenvalue weighted by Crippen LogP contribution is 2.36. The largest absolute Gasteiger partial charge is 0.341 e. The van der Waals surface area contributed by atoms with E-state index in [1.807, 2.05) is 17.3 Å². The van der Waals surface area contributed by atoms with Crippen molar-refractivity contribution in [3.8, 4) is 0 Å². The first-order chi connectivity index (χ1) is 9.58. The Balaban J connectivity index is 1.58. The minimum absolute atomic E-state index is 0.143. The van der Waals surface area contributed by atoms with Crippen molar-refractivity contribution < 1.29 is 4.79 Å². The topological polar surface area (TPSA) is 36.4 Å². The summed E-state index contributed by atoms with van der Waals surface area (Å²) in [6.45, 7) is 5.94. The maximum Gasteiger partial charge on any atom is 0.228 e. The molecule has 4 heteroatoms. The van der Waals surface area contributed by atoms with Gasteiger partial charge in [-0.15, -0.1) is 0 Å². The average Bonchev–Trinajstić information content (AvgIpc) is 2.42. The predicted molar refractivity (Wildman–Crippen MR) is 78.4 cm³/mol. The summed E-state index contributed by atoms with van der Waals surface area (Å²) in [6, 6.07) is 4.12. The van der Waals surface area contributed by atoms with E-state index in [1.54, 1.807) is 0 Å². The van der Waals surface area contributed by atoms with Gasteiger partial charge in [-0.05, 0) is 50.7 Å². The molecule has 1 aromatic heterocycles. The Morgan fingerprint density at radius 2 is 1.85 bits per heavy atom. The van der Waals surface area contributed by atoms with E-state index in [9.17, 15) is 4.79 Å². The van der Waals surface area contributed by atoms with Crippen LogP contribution in [0.4, 0.5) is 0 Å². The van der Waals surface area contributed by atoms with Gasteiger partial charge in [-0.25, -0.2) is 0 Å². The van der Waals surface area contributed by atoms with E-state index in [4.69, 9.17) is 0 Å². The van der Waals surface area contributed by atoms with Crippen LogP contribution in [0.3, 0.4) is 0 Å². The monoisotopic (exact) mass is 273 g/mol. The quantitative estimate of drug-likeness (QED) is 0.823. The third-order valence-corrected chi connectivity index (χ3v) is 4.95. The van der Waals surface area contributed by atoms with Crippen molar-refractivity contribution in [3.05, 3.63) is 30.1 Å². The lowest BCUT2D eigenvalue weighted by atomic mass is 9.77. The van der Waals surface area contributed by atoms with Crippen LogP contribution < -0.4 is 0 Å². The molecule has 0 saturated carbocycles. The van der Waals surface area contributed by atoms with E-state index in [2.05, 4.69) is 36.0 Å². The number of amides is 1. The minimum Gasteiger partial charge on any atom is -0.341 e. The van der Waals surface area contributed by atoms with E-state index >= 15 is 0 Å². The van der Waals surface area contributed by atoms with Crippen molar-refractivity contribution >= 4 is 5.91 Å². The van der Waals surface area contributed by atoms with Gasteiger partial charge in [-0.2, -0.15) is 0 Å². The van der Waals surface area contributed by atoms with Gasteiger partial charge in [0.1, 0.15) is 0 Å². The molecule has 1 amide bonds. The zero-order chi connectivity index (χ0) is 14.2. The van der Waals surface area contributed by atoms with Gasteiger partial charge < -0.3 is 9.80 Å². The first kappa shape index (κ1) is 13.6. The van der Waals surface area contributed by atoms with Crippen molar-refractivity contribution in [3.63, 3.8) is 0 Å². The van der Waals surface area contributed by atoms with Gasteiger partial charge >= 0.3 is 0 Å². The van der Waals surface area contributed by atoms with Gasteiger partial charge in [0.15, 0.2) is 0 Å². The van der Waals surface area contributed by atoms with Crippen LogP contribution in [-0.4, -0.2) is 53.9 Å². The zero-order valence-electron chi connectivity index (χ0n) is 12.4. The Morgan fingerprint density at radius 1 is 1.25 bits per heavy atom. The maximum atomic E-state index is 12.7. The van der Waals surface area contributed by atoms with Gasteiger partial charge in [0.25, 0.3) is 0 Å². The van der Waals surface area contributed by atoms with Crippen LogP contribution in [-0.2, 0) is 4.79 Å². The molecular formula is C16H23N3O. The first-order valence-corrected chi connectivity index (χ1v) is 7.46. The van der Waals surface area contributed by atoms with Crippen molar-refractivity contribution in [2.75, 3.05) is 33.2 Å². The number of carbonyl (C=O) groups excluding carboxylic acids is 1. The van der Waals surface area contributed by atoms with Crippen molar-refractivity contribution in [1.82, 2.24) is 14.8 Å². The van der Waals surface area contributed by atoms with Crippen LogP contribution in [0.2, 0.25) is 0 Å². The Labute approximate surface area is 120 Å². The van der Waals surface area contributed by atoms with Crippen molar-refractivity contribution in [2.45, 2.75) is 25.7 Å². The van der Waals surface area contributed by atoms with E-state index in [0.717, 1.165) is 39.0 Å². The molecule has 0 spiro atoms. The van der Waals surface area contributed by atoms with Crippen molar-refractivity contribution in [1.29, 1.82) is 0 Å². The summed E-state index contributed by atoms with van der Waals surface area (Å²) in [5.41, 5.74) is 1.16. The van der Waals surface area contributed by atoms with Crippen LogP contribution in [0.25, 0.3) is 0 Å². The second kappa shape index (κ2) is 5.17. The summed E-state index contributed by atoms with van der Waals surface area (Å²) >= 11 is 0. The number of piperidine rings is 1. The number of rotatable bonds is 2. The molecule has 2 fully saturated rings. The lowest BCUT2D eigenvalue weighted by Gasteiger charge is -2.46. The van der Waals surface area contributed by atoms with Gasteiger partial charge in [0.2, 0.25) is 5.91 Å². The van der Waals surface area contributed by atoms with Crippen LogP contribution in [0.15, 0.2) is 24.5 Å². The molecule has 0 aromatic carbocycles. The third-order valence-electron chi connectivity index (χ3n) is 4.95. The average molecular weight is 273 g/mol. The number of pyridine rings is 1. The summed E-state index contributed by atoms with van der Waals surface area (Å²) in [5.74, 6) is 0.854. The minimum atomic E-state index is -0.143. The Bertz CT molecular complexity index is 474. The molecule has 2 aliphatic heterocycles. The standard InChI is InChI=1S/C16H23N3O/c1-16(5-9-18(2)10-6-16)15(20)19-11-14(12-19)13-3-7-17-8-4-13/h3-4,7-8,14H,5-6,9-12H2,1-2H3. The summed E-state index contributed by atoms with van der Waals surface area (Å²) < 4.78 is 0. The van der Waals surface area contributed by atoms with Gasteiger partial charge in [0, 0.05) is 36.8 Å². The van der Waals surface area contributed by atoms with Crippen LogP contribution >= 0.6 is 0 Å². The highest BCUT2D eigenvalue weighted by molar-refractivity contribution is 5.83. The highest BCUT2D eigenvalue weighted by Gasteiger charge is 2.43. The molecule has 4 nitrogen and oxygen atoms in total. The molecular weight excluding hydrogens is 250 g/mol. The lowest BCUT2D eigenvalue weighted by molar-refractivity contribution is -0.148. The third kappa shape index (κ3) is 2.44. The predicted octanol–water partition coefficient (Wildman–Crippen LogP) is 1.74. The normalized spacial score (nSPS) is 23.4. The van der Waals surface area contributed by atoms with Gasteiger partial charge in [-0.3, -0.25) is 9.78 Å². The van der Waals surface area contributed by atoms with E-state index in [0.29, 0.717) is 11.8 Å². The molecule has 0 aliphatic carbocycles. The first-order valence-electron chi connectivity index (χ1n) is 7.46. The molecule has 2 aliphatic rings. The SMILES string of the molecule is CN1CCC(C)(C(=O)N2CC(c3ccncc3)C2)CC1. The smallest absolute Gasteiger partial charge is 0.228 e. The number of hydrogen-bond donors (Lipinski definition) is 0. The van der Waals surface area contributed by atoms with Gasteiger partial charge in [-0.1, -0.05) is 6.92 Å². The van der Waals surface area contributed by atoms with Crippen LogP contribution in [0, 0.1) is 5.41 Å². The molecule has 20 heavy (non-hydrogen) atoms. The summed E-state index contributed by atoms with van der Waals surface area (Å²) in [6.07, 6.45) is 5.63. The Kier molecular flexibility index (Phi) is 3.50. The second-order valence-corrected chi connectivity index (χ2v) is 6.55. The molecule has 2 saturated heterocycles. The number of aromatic nitrogens is 1.